The van der Waals surface area contributed by atoms with E-state index in [4.69, 9.17) is 15.0 Å². The fourth-order valence-electron chi connectivity index (χ4n) is 8.92. The van der Waals surface area contributed by atoms with E-state index in [1.807, 2.05) is 6.07 Å². The average molecular weight is 726 g/mol. The summed E-state index contributed by atoms with van der Waals surface area (Å²) < 4.78 is 0. The van der Waals surface area contributed by atoms with Gasteiger partial charge in [0, 0.05) is 16.7 Å². The highest BCUT2D eigenvalue weighted by atomic mass is 28.3. The number of aromatic nitrogens is 3. The SMILES string of the molecule is C[Si]1(C)c2cc(-c3nc(-c4ccccc4)nc(-c4ccc5c(c4)[Si](C)(C)c4cccc(-c6ccccc6)c4-5)n3)ccc2-c2c(-c3ccccc3)cccc21. The number of hydrogen-bond donors (Lipinski definition) is 0. The Hall–Kier alpha value is -6.02. The van der Waals surface area contributed by atoms with Crippen molar-refractivity contribution in [2.75, 3.05) is 0 Å². The summed E-state index contributed by atoms with van der Waals surface area (Å²) >= 11 is 0. The van der Waals surface area contributed by atoms with Gasteiger partial charge in [0.25, 0.3) is 0 Å². The average Bonchev–Trinajstić information content (AvgIpc) is 3.60. The molecule has 0 atom stereocenters. The van der Waals surface area contributed by atoms with Gasteiger partial charge in [0.2, 0.25) is 0 Å². The van der Waals surface area contributed by atoms with Crippen LogP contribution in [-0.2, 0) is 0 Å². The summed E-state index contributed by atoms with van der Waals surface area (Å²) in [5.41, 5.74) is 13.6. The molecule has 5 heteroatoms. The first-order chi connectivity index (χ1) is 26.3. The summed E-state index contributed by atoms with van der Waals surface area (Å²) in [4.78, 5) is 15.6. The van der Waals surface area contributed by atoms with E-state index in [1.54, 1.807) is 0 Å². The molecular weight excluding hydrogens is 687 g/mol. The molecule has 3 heterocycles. The topological polar surface area (TPSA) is 38.7 Å². The van der Waals surface area contributed by atoms with Crippen molar-refractivity contribution in [3.63, 3.8) is 0 Å². The molecule has 0 saturated heterocycles. The van der Waals surface area contributed by atoms with E-state index >= 15 is 0 Å². The lowest BCUT2D eigenvalue weighted by Gasteiger charge is -2.20. The van der Waals surface area contributed by atoms with Crippen molar-refractivity contribution < 1.29 is 0 Å². The van der Waals surface area contributed by atoms with Gasteiger partial charge >= 0.3 is 0 Å². The Bertz CT molecular complexity index is 2590. The lowest BCUT2D eigenvalue weighted by Crippen LogP contribution is -2.49. The summed E-state index contributed by atoms with van der Waals surface area (Å²) in [7, 11) is -4.04. The normalized spacial score (nSPS) is 14.2. The smallest absolute Gasteiger partial charge is 0.164 e. The maximum absolute atomic E-state index is 5.28. The molecule has 2 aliphatic rings. The van der Waals surface area contributed by atoms with Crippen LogP contribution in [0.25, 0.3) is 78.7 Å². The first kappa shape index (κ1) is 32.6. The lowest BCUT2D eigenvalue weighted by atomic mass is 9.94. The van der Waals surface area contributed by atoms with Crippen LogP contribution >= 0.6 is 0 Å². The van der Waals surface area contributed by atoms with Gasteiger partial charge in [-0.3, -0.25) is 0 Å². The summed E-state index contributed by atoms with van der Waals surface area (Å²) in [6.45, 7) is 9.90. The predicted molar refractivity (Wildman–Crippen MR) is 231 cm³/mol. The quantitative estimate of drug-likeness (QED) is 0.166. The highest BCUT2D eigenvalue weighted by Gasteiger charge is 2.40. The number of rotatable bonds is 5. The van der Waals surface area contributed by atoms with Gasteiger partial charge in [0.15, 0.2) is 17.5 Å². The molecule has 258 valence electrons. The van der Waals surface area contributed by atoms with Crippen LogP contribution in [0.4, 0.5) is 0 Å². The second kappa shape index (κ2) is 12.3. The molecule has 0 bridgehead atoms. The third kappa shape index (κ3) is 5.03. The molecule has 54 heavy (non-hydrogen) atoms. The molecule has 10 rings (SSSR count). The Morgan fingerprint density at radius 2 is 0.667 bits per heavy atom. The molecule has 0 saturated carbocycles. The second-order valence-electron chi connectivity index (χ2n) is 15.6. The van der Waals surface area contributed by atoms with Crippen molar-refractivity contribution >= 4 is 36.9 Å². The Morgan fingerprint density at radius 3 is 1.07 bits per heavy atom. The highest BCUT2D eigenvalue weighted by molar-refractivity contribution is 7.04. The van der Waals surface area contributed by atoms with Gasteiger partial charge in [0.05, 0.1) is 0 Å². The summed E-state index contributed by atoms with van der Waals surface area (Å²) in [5.74, 6) is 2.10. The number of benzene rings is 7. The molecular formula is C49H39N3Si2. The van der Waals surface area contributed by atoms with Crippen molar-refractivity contribution in [2.45, 2.75) is 26.2 Å². The summed E-state index contributed by atoms with van der Waals surface area (Å²) in [5, 5.41) is 5.83. The largest absolute Gasteiger partial charge is 0.208 e. The van der Waals surface area contributed by atoms with Crippen LogP contribution in [0.3, 0.4) is 0 Å². The zero-order valence-corrected chi connectivity index (χ0v) is 32.9. The maximum Gasteiger partial charge on any atom is 0.164 e. The van der Waals surface area contributed by atoms with E-state index in [2.05, 4.69) is 184 Å². The number of hydrogen-bond acceptors (Lipinski definition) is 3. The molecule has 1 aromatic heterocycles. The van der Waals surface area contributed by atoms with Crippen LogP contribution in [0.2, 0.25) is 26.2 Å². The summed E-state index contributed by atoms with van der Waals surface area (Å²) in [6.07, 6.45) is 0. The first-order valence-corrected chi connectivity index (χ1v) is 24.8. The Labute approximate surface area is 319 Å². The van der Waals surface area contributed by atoms with Crippen LogP contribution < -0.4 is 20.7 Å². The van der Waals surface area contributed by atoms with Crippen LogP contribution in [-0.4, -0.2) is 31.1 Å². The van der Waals surface area contributed by atoms with Crippen LogP contribution in [0.1, 0.15) is 0 Å². The number of fused-ring (bicyclic) bond motifs is 6. The molecule has 0 N–H and O–H groups in total. The van der Waals surface area contributed by atoms with Gasteiger partial charge in [-0.2, -0.15) is 0 Å². The molecule has 0 fully saturated rings. The fraction of sp³-hybridized carbons (Fsp3) is 0.0816. The number of nitrogens with zero attached hydrogens (tertiary/aromatic N) is 3. The highest BCUT2D eigenvalue weighted by Crippen LogP contribution is 2.40. The minimum atomic E-state index is -2.02. The van der Waals surface area contributed by atoms with Crippen LogP contribution in [0.5, 0.6) is 0 Å². The molecule has 0 radical (unpaired) electrons. The van der Waals surface area contributed by atoms with Gasteiger partial charge in [-0.05, 0) is 65.3 Å². The van der Waals surface area contributed by atoms with E-state index in [9.17, 15) is 0 Å². The Balaban J connectivity index is 1.12. The maximum atomic E-state index is 5.28. The van der Waals surface area contributed by atoms with Gasteiger partial charge in [-0.1, -0.05) is 190 Å². The molecule has 0 amide bonds. The fourth-order valence-corrected chi connectivity index (χ4v) is 15.1. The molecule has 3 nitrogen and oxygen atoms in total. The van der Waals surface area contributed by atoms with Crippen molar-refractivity contribution in [3.05, 3.63) is 164 Å². The van der Waals surface area contributed by atoms with E-state index in [-0.39, 0.29) is 0 Å². The van der Waals surface area contributed by atoms with Gasteiger partial charge in [0.1, 0.15) is 16.1 Å². The zero-order chi connectivity index (χ0) is 36.6. The van der Waals surface area contributed by atoms with Gasteiger partial charge in [-0.15, -0.1) is 0 Å². The third-order valence-electron chi connectivity index (χ3n) is 11.8. The second-order valence-corrected chi connectivity index (χ2v) is 24.3. The zero-order valence-electron chi connectivity index (χ0n) is 30.9. The van der Waals surface area contributed by atoms with E-state index in [0.29, 0.717) is 17.5 Å². The molecule has 0 spiro atoms. The molecule has 0 aliphatic carbocycles. The monoisotopic (exact) mass is 725 g/mol. The van der Waals surface area contributed by atoms with Crippen LogP contribution in [0.15, 0.2) is 164 Å². The van der Waals surface area contributed by atoms with E-state index < -0.39 is 16.1 Å². The Morgan fingerprint density at radius 1 is 0.296 bits per heavy atom. The summed E-state index contributed by atoms with van der Waals surface area (Å²) in [6, 6.07) is 59.4. The van der Waals surface area contributed by atoms with Crippen molar-refractivity contribution in [2.24, 2.45) is 0 Å². The van der Waals surface area contributed by atoms with E-state index in [0.717, 1.165) is 16.7 Å². The molecule has 0 unspecified atom stereocenters. The molecule has 2 aliphatic heterocycles. The minimum Gasteiger partial charge on any atom is -0.208 e. The third-order valence-corrected chi connectivity index (χ3v) is 18.8. The van der Waals surface area contributed by atoms with Crippen molar-refractivity contribution in [1.29, 1.82) is 0 Å². The van der Waals surface area contributed by atoms with E-state index in [1.165, 1.54) is 65.3 Å². The van der Waals surface area contributed by atoms with Gasteiger partial charge in [-0.25, -0.2) is 15.0 Å². The molecule has 8 aromatic rings. The van der Waals surface area contributed by atoms with Crippen molar-refractivity contribution in [1.82, 2.24) is 15.0 Å². The standard InChI is InChI=1S/C49H39N3Si2/c1-53(2)41-24-14-22-37(32-16-8-5-9-17-32)45(41)39-28-26-35(30-43(39)53)48-50-47(34-20-12-7-13-21-34)51-49(52-48)36-27-29-40-44(31-36)54(3,4)42-25-15-23-38(46(40)42)33-18-10-6-11-19-33/h5-31H,1-4H3. The first-order valence-electron chi connectivity index (χ1n) is 18.8. The minimum absolute atomic E-state index is 0.689. The Kier molecular flexibility index (Phi) is 7.41. The predicted octanol–water partition coefficient (Wildman–Crippen LogP) is 9.81. The lowest BCUT2D eigenvalue weighted by molar-refractivity contribution is 1.07. The van der Waals surface area contributed by atoms with Crippen molar-refractivity contribution in [3.8, 4) is 78.7 Å². The van der Waals surface area contributed by atoms with Crippen LogP contribution in [0, 0.1) is 0 Å². The molecule has 7 aromatic carbocycles. The van der Waals surface area contributed by atoms with Gasteiger partial charge < -0.3 is 0 Å².